The predicted octanol–water partition coefficient (Wildman–Crippen LogP) is 4.73. The highest BCUT2D eigenvalue weighted by atomic mass is 16.7. The second-order valence-corrected chi connectivity index (χ2v) is 7.71. The van der Waals surface area contributed by atoms with Crippen LogP contribution < -0.4 is 15.0 Å². The molecule has 29 heavy (non-hydrogen) atoms. The summed E-state index contributed by atoms with van der Waals surface area (Å²) in [4.78, 5) is 16.4. The van der Waals surface area contributed by atoms with Gasteiger partial charge in [0.1, 0.15) is 0 Å². The van der Waals surface area contributed by atoms with Crippen molar-refractivity contribution in [2.24, 2.45) is 0 Å². The van der Waals surface area contributed by atoms with Crippen LogP contribution in [-0.2, 0) is 6.42 Å². The molecule has 4 heteroatoms. The summed E-state index contributed by atoms with van der Waals surface area (Å²) < 4.78 is 11.1. The van der Waals surface area contributed by atoms with E-state index in [9.17, 15) is 4.79 Å². The zero-order chi connectivity index (χ0) is 19.4. The molecule has 1 aromatic heterocycles. The van der Waals surface area contributed by atoms with Crippen LogP contribution >= 0.6 is 0 Å². The summed E-state index contributed by atoms with van der Waals surface area (Å²) in [6.45, 7) is 0.220. The Kier molecular flexibility index (Phi) is 3.54. The van der Waals surface area contributed by atoms with Gasteiger partial charge in [-0.2, -0.15) is 0 Å². The predicted molar refractivity (Wildman–Crippen MR) is 112 cm³/mol. The lowest BCUT2D eigenvalue weighted by molar-refractivity contribution is 0.174. The van der Waals surface area contributed by atoms with Gasteiger partial charge in [0.2, 0.25) is 6.79 Å². The molecule has 1 aliphatic heterocycles. The van der Waals surface area contributed by atoms with E-state index in [1.54, 1.807) is 0 Å². The Bertz CT molecular complexity index is 1280. The van der Waals surface area contributed by atoms with Crippen LogP contribution in [0.25, 0.3) is 10.9 Å². The number of hydrogen-bond acceptors (Lipinski definition) is 3. The maximum absolute atomic E-state index is 13.3. The Labute approximate surface area is 167 Å². The summed E-state index contributed by atoms with van der Waals surface area (Å²) in [5.41, 5.74) is 5.20. The molecule has 142 valence electrons. The first-order valence-electron chi connectivity index (χ1n) is 9.88. The smallest absolute Gasteiger partial charge is 0.252 e. The maximum atomic E-state index is 13.3. The fourth-order valence-corrected chi connectivity index (χ4v) is 4.92. The molecule has 2 aliphatic rings. The number of pyridine rings is 1. The summed E-state index contributed by atoms with van der Waals surface area (Å²) in [6.07, 6.45) is 0.818. The fourth-order valence-electron chi connectivity index (χ4n) is 4.92. The molecular weight excluding hydrogens is 362 g/mol. The zero-order valence-electron chi connectivity index (χ0n) is 15.7. The van der Waals surface area contributed by atoms with Gasteiger partial charge in [-0.3, -0.25) is 4.79 Å². The van der Waals surface area contributed by atoms with Crippen molar-refractivity contribution in [3.05, 3.63) is 105 Å². The zero-order valence-corrected chi connectivity index (χ0v) is 15.7. The molecule has 0 saturated heterocycles. The molecule has 2 heterocycles. The highest BCUT2D eigenvalue weighted by Gasteiger charge is 2.38. The Morgan fingerprint density at radius 1 is 0.828 bits per heavy atom. The molecule has 3 aromatic carbocycles. The second-order valence-electron chi connectivity index (χ2n) is 7.71. The monoisotopic (exact) mass is 381 g/mol. The van der Waals surface area contributed by atoms with Gasteiger partial charge in [-0.1, -0.05) is 60.7 Å². The first-order valence-corrected chi connectivity index (χ1v) is 9.88. The summed E-state index contributed by atoms with van der Waals surface area (Å²) in [6, 6.07) is 24.8. The summed E-state index contributed by atoms with van der Waals surface area (Å²) in [5, 5.41) is 1.04. The van der Waals surface area contributed by atoms with E-state index in [1.165, 1.54) is 11.1 Å². The highest BCUT2D eigenvalue weighted by molar-refractivity contribution is 5.88. The van der Waals surface area contributed by atoms with Crippen LogP contribution in [0.1, 0.15) is 34.1 Å². The van der Waals surface area contributed by atoms with Gasteiger partial charge in [-0.15, -0.1) is 0 Å². The van der Waals surface area contributed by atoms with Crippen LogP contribution in [0, 0.1) is 0 Å². The second kappa shape index (κ2) is 6.24. The lowest BCUT2D eigenvalue weighted by Gasteiger charge is -2.21. The largest absolute Gasteiger partial charge is 0.454 e. The molecule has 2 atom stereocenters. The van der Waals surface area contributed by atoms with E-state index in [0.29, 0.717) is 5.75 Å². The normalized spacial score (nSPS) is 19.4. The van der Waals surface area contributed by atoms with Crippen molar-refractivity contribution >= 4 is 10.9 Å². The van der Waals surface area contributed by atoms with E-state index >= 15 is 0 Å². The van der Waals surface area contributed by atoms with Crippen LogP contribution in [0.15, 0.2) is 77.6 Å². The van der Waals surface area contributed by atoms with Crippen molar-refractivity contribution in [3.8, 4) is 11.5 Å². The lowest BCUT2D eigenvalue weighted by atomic mass is 9.82. The molecule has 0 fully saturated rings. The molecule has 0 spiro atoms. The molecule has 0 saturated carbocycles. The number of hydrogen-bond donors (Lipinski definition) is 1. The summed E-state index contributed by atoms with van der Waals surface area (Å²) in [7, 11) is 0. The minimum Gasteiger partial charge on any atom is -0.454 e. The van der Waals surface area contributed by atoms with Crippen LogP contribution in [0.2, 0.25) is 0 Å². The molecule has 4 aromatic rings. The van der Waals surface area contributed by atoms with Crippen molar-refractivity contribution < 1.29 is 9.47 Å². The Morgan fingerprint density at radius 2 is 1.48 bits per heavy atom. The topological polar surface area (TPSA) is 51.3 Å². The third-order valence-electron chi connectivity index (χ3n) is 6.18. The molecule has 1 N–H and O–H groups in total. The molecule has 6 rings (SSSR count). The van der Waals surface area contributed by atoms with E-state index in [1.807, 2.05) is 36.4 Å². The molecule has 0 amide bonds. The van der Waals surface area contributed by atoms with Gasteiger partial charge in [-0.05, 0) is 35.1 Å². The number of aromatic amines is 1. The lowest BCUT2D eigenvalue weighted by Crippen LogP contribution is -2.18. The Hall–Kier alpha value is -3.53. The van der Waals surface area contributed by atoms with Crippen LogP contribution in [0.3, 0.4) is 0 Å². The maximum Gasteiger partial charge on any atom is 0.252 e. The Balaban J connectivity index is 1.63. The highest BCUT2D eigenvalue weighted by Crippen LogP contribution is 2.49. The van der Waals surface area contributed by atoms with Gasteiger partial charge in [0, 0.05) is 22.9 Å². The number of aromatic nitrogens is 1. The van der Waals surface area contributed by atoms with Gasteiger partial charge in [-0.25, -0.2) is 0 Å². The van der Waals surface area contributed by atoms with E-state index in [-0.39, 0.29) is 24.2 Å². The van der Waals surface area contributed by atoms with E-state index in [2.05, 4.69) is 41.4 Å². The summed E-state index contributed by atoms with van der Waals surface area (Å²) >= 11 is 0. The number of benzene rings is 3. The van der Waals surface area contributed by atoms with Crippen LogP contribution in [-0.4, -0.2) is 11.8 Å². The minimum absolute atomic E-state index is 0.0151. The fraction of sp³-hybridized carbons (Fsp3) is 0.160. The SMILES string of the molecule is O=c1[nH]c2cc3c(cc2c2c1[C@@H](c1ccccc1)[C@H](c1ccccc1)C2)OCO3. The Morgan fingerprint density at radius 3 is 2.21 bits per heavy atom. The molecule has 1 aliphatic carbocycles. The minimum atomic E-state index is -0.0151. The van der Waals surface area contributed by atoms with Crippen molar-refractivity contribution in [1.29, 1.82) is 0 Å². The van der Waals surface area contributed by atoms with Gasteiger partial charge in [0.05, 0.1) is 5.52 Å². The molecule has 0 unspecified atom stereocenters. The molecule has 0 bridgehead atoms. The summed E-state index contributed by atoms with van der Waals surface area (Å²) in [5.74, 6) is 1.66. The number of nitrogens with one attached hydrogen (secondary N) is 1. The van der Waals surface area contributed by atoms with Gasteiger partial charge >= 0.3 is 0 Å². The number of ether oxygens (including phenoxy) is 2. The van der Waals surface area contributed by atoms with E-state index in [4.69, 9.17) is 9.47 Å². The quantitative estimate of drug-likeness (QED) is 0.546. The first-order chi connectivity index (χ1) is 14.3. The average molecular weight is 381 g/mol. The van der Waals surface area contributed by atoms with E-state index in [0.717, 1.165) is 34.2 Å². The number of fused-ring (bicyclic) bond motifs is 4. The van der Waals surface area contributed by atoms with E-state index < -0.39 is 0 Å². The third-order valence-corrected chi connectivity index (χ3v) is 6.18. The van der Waals surface area contributed by atoms with Gasteiger partial charge < -0.3 is 14.5 Å². The van der Waals surface area contributed by atoms with Crippen molar-refractivity contribution in [2.45, 2.75) is 18.3 Å². The standard InChI is InChI=1S/C25H19NO3/c27-25-24-19(18-12-21-22(29-14-28-21)13-20(18)26-25)11-17(15-7-3-1-4-8-15)23(24)16-9-5-2-6-10-16/h1-10,12-13,17,23H,11,14H2,(H,26,27)/t17-,23-/m0/s1. The van der Waals surface area contributed by atoms with Crippen molar-refractivity contribution in [3.63, 3.8) is 0 Å². The third kappa shape index (κ3) is 2.49. The average Bonchev–Trinajstić information content (AvgIpc) is 3.38. The first kappa shape index (κ1) is 16.4. The molecular formula is C25H19NO3. The van der Waals surface area contributed by atoms with Gasteiger partial charge in [0.15, 0.2) is 11.5 Å². The number of rotatable bonds is 2. The number of H-pyrrole nitrogens is 1. The molecule has 0 radical (unpaired) electrons. The van der Waals surface area contributed by atoms with Gasteiger partial charge in [0.25, 0.3) is 5.56 Å². The van der Waals surface area contributed by atoms with Crippen molar-refractivity contribution in [2.75, 3.05) is 6.79 Å². The van der Waals surface area contributed by atoms with Crippen LogP contribution in [0.4, 0.5) is 0 Å². The van der Waals surface area contributed by atoms with Crippen LogP contribution in [0.5, 0.6) is 11.5 Å². The molecule has 4 nitrogen and oxygen atoms in total. The van der Waals surface area contributed by atoms with Crippen molar-refractivity contribution in [1.82, 2.24) is 4.98 Å².